The van der Waals surface area contributed by atoms with E-state index in [0.29, 0.717) is 12.6 Å². The van der Waals surface area contributed by atoms with E-state index in [9.17, 15) is 4.79 Å². The molecule has 11 heavy (non-hydrogen) atoms. The molecular weight excluding hydrogens is 140 g/mol. The molecular formula is C8H16N2O. The van der Waals surface area contributed by atoms with Crippen molar-refractivity contribution in [2.45, 2.75) is 19.4 Å². The van der Waals surface area contributed by atoms with Crippen molar-refractivity contribution < 1.29 is 4.79 Å². The first-order valence-corrected chi connectivity index (χ1v) is 4.11. The van der Waals surface area contributed by atoms with Gasteiger partial charge in [0.25, 0.3) is 0 Å². The van der Waals surface area contributed by atoms with Gasteiger partial charge in [-0.05, 0) is 20.4 Å². The minimum atomic E-state index is 0.266. The molecule has 1 aliphatic rings. The molecule has 1 rings (SSSR count). The Hall–Kier alpha value is -0.410. The average molecular weight is 156 g/mol. The SMILES string of the molecule is CNC1CCN(CC(C)=O)C1. The molecule has 1 unspecified atom stereocenters. The number of likely N-dealkylation sites (tertiary alicyclic amines) is 1. The molecule has 0 aromatic carbocycles. The Morgan fingerprint density at radius 1 is 1.73 bits per heavy atom. The molecule has 0 aliphatic carbocycles. The maximum atomic E-state index is 10.7. The predicted octanol–water partition coefficient (Wildman–Crippen LogP) is -0.131. The van der Waals surface area contributed by atoms with Crippen molar-refractivity contribution in [1.29, 1.82) is 0 Å². The lowest BCUT2D eigenvalue weighted by atomic mass is 10.3. The second-order valence-corrected chi connectivity index (χ2v) is 3.21. The molecule has 64 valence electrons. The van der Waals surface area contributed by atoms with E-state index in [4.69, 9.17) is 0 Å². The minimum Gasteiger partial charge on any atom is -0.316 e. The van der Waals surface area contributed by atoms with Crippen LogP contribution in [-0.4, -0.2) is 43.4 Å². The van der Waals surface area contributed by atoms with Crippen LogP contribution in [0.4, 0.5) is 0 Å². The van der Waals surface area contributed by atoms with Crippen LogP contribution in [0.25, 0.3) is 0 Å². The van der Waals surface area contributed by atoms with Crippen LogP contribution in [0.2, 0.25) is 0 Å². The molecule has 1 fully saturated rings. The van der Waals surface area contributed by atoms with Gasteiger partial charge in [0.1, 0.15) is 5.78 Å². The number of ketones is 1. The Labute approximate surface area is 67.8 Å². The summed E-state index contributed by atoms with van der Waals surface area (Å²) in [6.07, 6.45) is 1.17. The molecule has 0 spiro atoms. The van der Waals surface area contributed by atoms with Crippen LogP contribution in [0.1, 0.15) is 13.3 Å². The minimum absolute atomic E-state index is 0.266. The average Bonchev–Trinajstić information content (AvgIpc) is 2.34. The summed E-state index contributed by atoms with van der Waals surface area (Å²) in [5.41, 5.74) is 0. The number of carbonyl (C=O) groups excluding carboxylic acids is 1. The highest BCUT2D eigenvalue weighted by Crippen LogP contribution is 2.07. The number of nitrogens with one attached hydrogen (secondary N) is 1. The van der Waals surface area contributed by atoms with E-state index in [1.165, 1.54) is 6.42 Å². The summed E-state index contributed by atoms with van der Waals surface area (Å²) in [6.45, 7) is 4.35. The van der Waals surface area contributed by atoms with Crippen LogP contribution in [0.3, 0.4) is 0 Å². The Morgan fingerprint density at radius 3 is 2.91 bits per heavy atom. The van der Waals surface area contributed by atoms with E-state index in [2.05, 4.69) is 10.2 Å². The van der Waals surface area contributed by atoms with Gasteiger partial charge >= 0.3 is 0 Å². The molecule has 1 N–H and O–H groups in total. The third-order valence-electron chi connectivity index (χ3n) is 2.13. The molecule has 3 heteroatoms. The third-order valence-corrected chi connectivity index (χ3v) is 2.13. The summed E-state index contributed by atoms with van der Waals surface area (Å²) >= 11 is 0. The zero-order chi connectivity index (χ0) is 8.27. The zero-order valence-corrected chi connectivity index (χ0v) is 7.26. The van der Waals surface area contributed by atoms with Crippen molar-refractivity contribution in [2.24, 2.45) is 0 Å². The highest BCUT2D eigenvalue weighted by molar-refractivity contribution is 5.77. The second-order valence-electron chi connectivity index (χ2n) is 3.21. The number of rotatable bonds is 3. The number of hydrogen-bond acceptors (Lipinski definition) is 3. The molecule has 1 aliphatic heterocycles. The van der Waals surface area contributed by atoms with Crippen molar-refractivity contribution >= 4 is 5.78 Å². The quantitative estimate of drug-likeness (QED) is 0.617. The van der Waals surface area contributed by atoms with E-state index in [0.717, 1.165) is 13.1 Å². The summed E-state index contributed by atoms with van der Waals surface area (Å²) in [6, 6.07) is 0.592. The van der Waals surface area contributed by atoms with E-state index >= 15 is 0 Å². The lowest BCUT2D eigenvalue weighted by Gasteiger charge is -2.12. The predicted molar refractivity (Wildman–Crippen MR) is 44.6 cm³/mol. The van der Waals surface area contributed by atoms with Gasteiger partial charge in [-0.3, -0.25) is 9.69 Å². The van der Waals surface area contributed by atoms with E-state index < -0.39 is 0 Å². The van der Waals surface area contributed by atoms with Gasteiger partial charge < -0.3 is 5.32 Å². The summed E-state index contributed by atoms with van der Waals surface area (Å²) in [5, 5.41) is 3.21. The molecule has 0 aromatic heterocycles. The van der Waals surface area contributed by atoms with Crippen LogP contribution in [-0.2, 0) is 4.79 Å². The number of hydrogen-bond donors (Lipinski definition) is 1. The van der Waals surface area contributed by atoms with Crippen LogP contribution < -0.4 is 5.32 Å². The highest BCUT2D eigenvalue weighted by Gasteiger charge is 2.20. The van der Waals surface area contributed by atoms with E-state index in [1.807, 2.05) is 7.05 Å². The first kappa shape index (κ1) is 8.68. The Bertz CT molecular complexity index is 147. The highest BCUT2D eigenvalue weighted by atomic mass is 16.1. The normalized spacial score (nSPS) is 25.8. The fraction of sp³-hybridized carbons (Fsp3) is 0.875. The Morgan fingerprint density at radius 2 is 2.45 bits per heavy atom. The summed E-state index contributed by atoms with van der Waals surface area (Å²) in [4.78, 5) is 12.9. The van der Waals surface area contributed by atoms with Gasteiger partial charge in [-0.2, -0.15) is 0 Å². The van der Waals surface area contributed by atoms with Gasteiger partial charge in [0, 0.05) is 19.1 Å². The van der Waals surface area contributed by atoms with Gasteiger partial charge in [0.2, 0.25) is 0 Å². The van der Waals surface area contributed by atoms with E-state index in [-0.39, 0.29) is 5.78 Å². The fourth-order valence-electron chi connectivity index (χ4n) is 1.53. The standard InChI is InChI=1S/C8H16N2O/c1-7(11)5-10-4-3-8(6-10)9-2/h8-9H,3-6H2,1-2H3. The van der Waals surface area contributed by atoms with Gasteiger partial charge in [-0.15, -0.1) is 0 Å². The molecule has 0 aromatic rings. The molecule has 3 nitrogen and oxygen atoms in total. The first-order chi connectivity index (χ1) is 5.22. The Kier molecular flexibility index (Phi) is 3.02. The van der Waals surface area contributed by atoms with E-state index in [1.54, 1.807) is 6.92 Å². The maximum absolute atomic E-state index is 10.7. The summed E-state index contributed by atoms with van der Waals surface area (Å²) in [5.74, 6) is 0.266. The van der Waals surface area contributed by atoms with Crippen molar-refractivity contribution in [3.05, 3.63) is 0 Å². The molecule has 0 amide bonds. The number of Topliss-reactive ketones (excluding diaryl/α,β-unsaturated/α-hetero) is 1. The van der Waals surface area contributed by atoms with Crippen molar-refractivity contribution in [3.63, 3.8) is 0 Å². The number of nitrogens with zero attached hydrogens (tertiary/aromatic N) is 1. The molecule has 0 saturated carbocycles. The molecule has 1 atom stereocenters. The van der Waals surface area contributed by atoms with Gasteiger partial charge in [0.05, 0.1) is 6.54 Å². The van der Waals surface area contributed by atoms with Crippen LogP contribution in [0, 0.1) is 0 Å². The Balaban J connectivity index is 2.24. The lowest BCUT2D eigenvalue weighted by Crippen LogP contribution is -2.31. The smallest absolute Gasteiger partial charge is 0.143 e. The van der Waals surface area contributed by atoms with Crippen LogP contribution in [0.5, 0.6) is 0 Å². The second kappa shape index (κ2) is 3.83. The van der Waals surface area contributed by atoms with Gasteiger partial charge in [-0.1, -0.05) is 0 Å². The van der Waals surface area contributed by atoms with Gasteiger partial charge in [-0.25, -0.2) is 0 Å². The molecule has 0 radical (unpaired) electrons. The van der Waals surface area contributed by atoms with Gasteiger partial charge in [0.15, 0.2) is 0 Å². The molecule has 1 saturated heterocycles. The van der Waals surface area contributed by atoms with Crippen molar-refractivity contribution in [1.82, 2.24) is 10.2 Å². The van der Waals surface area contributed by atoms with Crippen molar-refractivity contribution in [2.75, 3.05) is 26.7 Å². The van der Waals surface area contributed by atoms with Crippen LogP contribution >= 0.6 is 0 Å². The molecule has 1 heterocycles. The number of carbonyl (C=O) groups is 1. The summed E-state index contributed by atoms with van der Waals surface area (Å²) in [7, 11) is 1.97. The fourth-order valence-corrected chi connectivity index (χ4v) is 1.53. The topological polar surface area (TPSA) is 32.3 Å². The zero-order valence-electron chi connectivity index (χ0n) is 7.26. The number of likely N-dealkylation sites (N-methyl/N-ethyl adjacent to an activating group) is 1. The lowest BCUT2D eigenvalue weighted by molar-refractivity contribution is -0.117. The molecule has 0 bridgehead atoms. The largest absolute Gasteiger partial charge is 0.316 e. The third kappa shape index (κ3) is 2.60. The van der Waals surface area contributed by atoms with Crippen molar-refractivity contribution in [3.8, 4) is 0 Å². The summed E-state index contributed by atoms with van der Waals surface area (Å²) < 4.78 is 0. The monoisotopic (exact) mass is 156 g/mol. The first-order valence-electron chi connectivity index (χ1n) is 4.11. The van der Waals surface area contributed by atoms with Crippen LogP contribution in [0.15, 0.2) is 0 Å². The maximum Gasteiger partial charge on any atom is 0.143 e.